The first kappa shape index (κ1) is 14.0. The minimum atomic E-state index is -0.433. The van der Waals surface area contributed by atoms with Crippen LogP contribution in [-0.4, -0.2) is 18.3 Å². The summed E-state index contributed by atoms with van der Waals surface area (Å²) in [5.74, 6) is 0.913. The van der Waals surface area contributed by atoms with Gasteiger partial charge in [0.15, 0.2) is 0 Å². The maximum Gasteiger partial charge on any atom is 0.142 e. The van der Waals surface area contributed by atoms with Gasteiger partial charge in [-0.2, -0.15) is 0 Å². The third-order valence-electron chi connectivity index (χ3n) is 3.91. The molecule has 0 unspecified atom stereocenters. The number of anilines is 2. The summed E-state index contributed by atoms with van der Waals surface area (Å²) in [6.07, 6.45) is 1.24. The van der Waals surface area contributed by atoms with Gasteiger partial charge in [0.25, 0.3) is 0 Å². The number of nitrogens with zero attached hydrogens (tertiary/aromatic N) is 1. The molecule has 0 fully saturated rings. The molecule has 1 atom stereocenters. The molecule has 1 N–H and O–H groups in total. The lowest BCUT2D eigenvalue weighted by molar-refractivity contribution is 0.174. The van der Waals surface area contributed by atoms with Gasteiger partial charge in [-0.1, -0.05) is 37.3 Å². The van der Waals surface area contributed by atoms with Gasteiger partial charge in [-0.3, -0.25) is 0 Å². The summed E-state index contributed by atoms with van der Waals surface area (Å²) in [7, 11) is 0. The van der Waals surface area contributed by atoms with E-state index in [1.165, 1.54) is 0 Å². The van der Waals surface area contributed by atoms with E-state index < -0.39 is 6.10 Å². The molecule has 0 saturated carbocycles. The highest BCUT2D eigenvalue weighted by Gasteiger charge is 2.21. The van der Waals surface area contributed by atoms with Crippen molar-refractivity contribution in [3.05, 3.63) is 54.1 Å². The molecule has 0 saturated heterocycles. The van der Waals surface area contributed by atoms with Gasteiger partial charge in [0.2, 0.25) is 0 Å². The van der Waals surface area contributed by atoms with Crippen molar-refractivity contribution in [2.75, 3.05) is 18.1 Å². The van der Waals surface area contributed by atoms with Crippen molar-refractivity contribution in [3.8, 4) is 5.75 Å². The van der Waals surface area contributed by atoms with Gasteiger partial charge in [-0.05, 0) is 31.0 Å². The minimum absolute atomic E-state index is 0.433. The Morgan fingerprint density at radius 3 is 2.62 bits per heavy atom. The largest absolute Gasteiger partial charge is 0.491 e. The minimum Gasteiger partial charge on any atom is -0.491 e. The van der Waals surface area contributed by atoms with E-state index >= 15 is 0 Å². The molecule has 2 aromatic rings. The molecule has 3 nitrogen and oxygen atoms in total. The highest BCUT2D eigenvalue weighted by Crippen LogP contribution is 2.39. The Morgan fingerprint density at radius 2 is 1.81 bits per heavy atom. The van der Waals surface area contributed by atoms with Crippen molar-refractivity contribution in [3.63, 3.8) is 0 Å². The van der Waals surface area contributed by atoms with Crippen LogP contribution in [0.15, 0.2) is 48.5 Å². The Hall–Kier alpha value is -2.00. The SMILES string of the molecule is CC[C@H](O)c1ccccc1N1CCCOc2ccccc21. The number of aliphatic hydroxyl groups excluding tert-OH is 1. The molecule has 3 heteroatoms. The summed E-state index contributed by atoms with van der Waals surface area (Å²) >= 11 is 0. The van der Waals surface area contributed by atoms with Crippen LogP contribution < -0.4 is 9.64 Å². The Labute approximate surface area is 125 Å². The fraction of sp³-hybridized carbons (Fsp3) is 0.333. The zero-order valence-electron chi connectivity index (χ0n) is 12.3. The van der Waals surface area contributed by atoms with Crippen molar-refractivity contribution < 1.29 is 9.84 Å². The van der Waals surface area contributed by atoms with Crippen LogP contribution in [0.4, 0.5) is 11.4 Å². The molecule has 1 aliphatic rings. The Bertz CT molecular complexity index is 612. The van der Waals surface area contributed by atoms with E-state index in [2.05, 4.69) is 17.0 Å². The zero-order chi connectivity index (χ0) is 14.7. The van der Waals surface area contributed by atoms with Crippen LogP contribution in [0.25, 0.3) is 0 Å². The van der Waals surface area contributed by atoms with Crippen molar-refractivity contribution in [2.24, 2.45) is 0 Å². The molecule has 0 aliphatic carbocycles. The summed E-state index contributed by atoms with van der Waals surface area (Å²) in [4.78, 5) is 2.26. The number of ether oxygens (including phenoxy) is 1. The van der Waals surface area contributed by atoms with Crippen molar-refractivity contribution in [2.45, 2.75) is 25.9 Å². The van der Waals surface area contributed by atoms with Crippen LogP contribution >= 0.6 is 0 Å². The number of hydrogen-bond acceptors (Lipinski definition) is 3. The van der Waals surface area contributed by atoms with Crippen LogP contribution in [0, 0.1) is 0 Å². The first-order chi connectivity index (χ1) is 10.3. The number of fused-ring (bicyclic) bond motifs is 1. The summed E-state index contributed by atoms with van der Waals surface area (Å²) in [5, 5.41) is 10.3. The number of para-hydroxylation sites is 3. The van der Waals surface area contributed by atoms with Gasteiger partial charge in [0, 0.05) is 17.8 Å². The molecule has 110 valence electrons. The molecule has 3 rings (SSSR count). The lowest BCUT2D eigenvalue weighted by Gasteiger charge is -2.27. The smallest absolute Gasteiger partial charge is 0.142 e. The molecular weight excluding hydrogens is 262 g/mol. The first-order valence-electron chi connectivity index (χ1n) is 7.57. The molecule has 0 amide bonds. The second-order valence-electron chi connectivity index (χ2n) is 5.30. The van der Waals surface area contributed by atoms with Gasteiger partial charge in [-0.15, -0.1) is 0 Å². The highest BCUT2D eigenvalue weighted by molar-refractivity contribution is 5.72. The molecule has 0 bridgehead atoms. The summed E-state index contributed by atoms with van der Waals surface area (Å²) in [6.45, 7) is 3.62. The fourth-order valence-electron chi connectivity index (χ4n) is 2.81. The van der Waals surface area contributed by atoms with Crippen molar-refractivity contribution in [1.29, 1.82) is 0 Å². The number of hydrogen-bond donors (Lipinski definition) is 1. The van der Waals surface area contributed by atoms with E-state index in [-0.39, 0.29) is 0 Å². The van der Waals surface area contributed by atoms with Crippen LogP contribution in [0.3, 0.4) is 0 Å². The third kappa shape index (κ3) is 2.74. The predicted molar refractivity (Wildman–Crippen MR) is 85.3 cm³/mol. The topological polar surface area (TPSA) is 32.7 Å². The maximum atomic E-state index is 10.3. The monoisotopic (exact) mass is 283 g/mol. The van der Waals surface area contributed by atoms with E-state index in [0.29, 0.717) is 6.42 Å². The Morgan fingerprint density at radius 1 is 1.10 bits per heavy atom. The Kier molecular flexibility index (Phi) is 4.11. The third-order valence-corrected chi connectivity index (χ3v) is 3.91. The standard InChI is InChI=1S/C18H21NO2/c1-2-17(20)14-8-3-4-9-15(14)19-12-7-13-21-18-11-6-5-10-16(18)19/h3-6,8-11,17,20H,2,7,12-13H2,1H3/t17-/m0/s1. The maximum absolute atomic E-state index is 10.3. The van der Waals surface area contributed by atoms with E-state index in [1.54, 1.807) is 0 Å². The first-order valence-corrected chi connectivity index (χ1v) is 7.57. The summed E-state index contributed by atoms with van der Waals surface area (Å²) < 4.78 is 5.82. The molecule has 2 aromatic carbocycles. The second kappa shape index (κ2) is 6.19. The van der Waals surface area contributed by atoms with E-state index in [9.17, 15) is 5.11 Å². The normalized spacial score (nSPS) is 15.8. The Balaban J connectivity index is 2.08. The summed E-state index contributed by atoms with van der Waals surface area (Å²) in [6, 6.07) is 16.2. The number of aliphatic hydroxyl groups is 1. The van der Waals surface area contributed by atoms with Crippen LogP contribution in [-0.2, 0) is 0 Å². The van der Waals surface area contributed by atoms with Gasteiger partial charge in [-0.25, -0.2) is 0 Å². The van der Waals surface area contributed by atoms with Crippen molar-refractivity contribution in [1.82, 2.24) is 0 Å². The molecular formula is C18H21NO2. The average Bonchev–Trinajstić information content (AvgIpc) is 2.76. The quantitative estimate of drug-likeness (QED) is 0.922. The average molecular weight is 283 g/mol. The van der Waals surface area contributed by atoms with Gasteiger partial charge >= 0.3 is 0 Å². The van der Waals surface area contributed by atoms with Crippen molar-refractivity contribution >= 4 is 11.4 Å². The zero-order valence-corrected chi connectivity index (χ0v) is 12.3. The fourth-order valence-corrected chi connectivity index (χ4v) is 2.81. The predicted octanol–water partition coefficient (Wildman–Crippen LogP) is 4.05. The van der Waals surface area contributed by atoms with Crippen LogP contribution in [0.1, 0.15) is 31.4 Å². The number of benzene rings is 2. The van der Waals surface area contributed by atoms with Crippen LogP contribution in [0.2, 0.25) is 0 Å². The molecule has 1 aliphatic heterocycles. The van der Waals surface area contributed by atoms with Gasteiger partial charge in [0.05, 0.1) is 18.4 Å². The molecule has 0 aromatic heterocycles. The molecule has 0 spiro atoms. The highest BCUT2D eigenvalue weighted by atomic mass is 16.5. The van der Waals surface area contributed by atoms with E-state index in [1.807, 2.05) is 43.3 Å². The molecule has 21 heavy (non-hydrogen) atoms. The number of rotatable bonds is 3. The van der Waals surface area contributed by atoms with E-state index in [4.69, 9.17) is 4.74 Å². The molecule has 0 radical (unpaired) electrons. The van der Waals surface area contributed by atoms with Gasteiger partial charge < -0.3 is 14.7 Å². The lowest BCUT2D eigenvalue weighted by atomic mass is 10.0. The molecule has 1 heterocycles. The lowest BCUT2D eigenvalue weighted by Crippen LogP contribution is -2.20. The summed E-state index contributed by atoms with van der Waals surface area (Å²) in [5.41, 5.74) is 3.13. The van der Waals surface area contributed by atoms with Gasteiger partial charge in [0.1, 0.15) is 5.75 Å². The van der Waals surface area contributed by atoms with Crippen LogP contribution in [0.5, 0.6) is 5.75 Å². The second-order valence-corrected chi connectivity index (χ2v) is 5.30. The van der Waals surface area contributed by atoms with E-state index in [0.717, 1.165) is 42.3 Å².